The van der Waals surface area contributed by atoms with Crippen molar-refractivity contribution in [3.8, 4) is 0 Å². The lowest BCUT2D eigenvalue weighted by Gasteiger charge is -2.16. The number of hydrogen-bond acceptors (Lipinski definition) is 3. The van der Waals surface area contributed by atoms with Crippen molar-refractivity contribution in [1.29, 1.82) is 0 Å². The van der Waals surface area contributed by atoms with E-state index < -0.39 is 0 Å². The van der Waals surface area contributed by atoms with Gasteiger partial charge >= 0.3 is 0 Å². The van der Waals surface area contributed by atoms with Gasteiger partial charge in [-0.2, -0.15) is 0 Å². The summed E-state index contributed by atoms with van der Waals surface area (Å²) in [4.78, 5) is 13.9. The van der Waals surface area contributed by atoms with Crippen LogP contribution in [0.4, 0.5) is 0 Å². The van der Waals surface area contributed by atoms with E-state index in [-0.39, 0.29) is 0 Å². The Bertz CT molecular complexity index is 221. The van der Waals surface area contributed by atoms with Gasteiger partial charge in [0.15, 0.2) is 0 Å². The van der Waals surface area contributed by atoms with Gasteiger partial charge in [-0.1, -0.05) is 12.8 Å². The van der Waals surface area contributed by atoms with Crippen molar-refractivity contribution in [2.45, 2.75) is 38.5 Å². The Labute approximate surface area is 104 Å². The third-order valence-electron chi connectivity index (χ3n) is 3.39. The summed E-state index contributed by atoms with van der Waals surface area (Å²) in [5, 5.41) is 0. The van der Waals surface area contributed by atoms with Gasteiger partial charge < -0.3 is 15.4 Å². The van der Waals surface area contributed by atoms with E-state index in [0.29, 0.717) is 18.2 Å². The third kappa shape index (κ3) is 5.50. The lowest BCUT2D eigenvalue weighted by Crippen LogP contribution is -2.28. The molecule has 1 unspecified atom stereocenters. The Kier molecular flexibility index (Phi) is 7.21. The van der Waals surface area contributed by atoms with Gasteiger partial charge in [-0.25, -0.2) is 0 Å². The monoisotopic (exact) mass is 242 g/mol. The summed E-state index contributed by atoms with van der Waals surface area (Å²) >= 11 is 0. The lowest BCUT2D eigenvalue weighted by molar-refractivity contribution is -0.130. The number of nitrogens with two attached hydrogens (primary N) is 1. The normalized spacial score (nSPS) is 19.9. The first kappa shape index (κ1) is 14.5. The minimum Gasteiger partial charge on any atom is -0.384 e. The summed E-state index contributed by atoms with van der Waals surface area (Å²) < 4.78 is 5.13. The molecule has 1 aliphatic heterocycles. The molecule has 100 valence electrons. The van der Waals surface area contributed by atoms with Gasteiger partial charge in [0.25, 0.3) is 0 Å². The molecule has 4 nitrogen and oxygen atoms in total. The number of unbranched alkanes of at least 4 members (excludes halogenated alkanes) is 3. The summed E-state index contributed by atoms with van der Waals surface area (Å²) in [5.41, 5.74) is 5.43. The van der Waals surface area contributed by atoms with Crippen LogP contribution < -0.4 is 5.73 Å². The van der Waals surface area contributed by atoms with E-state index >= 15 is 0 Å². The Morgan fingerprint density at radius 1 is 1.35 bits per heavy atom. The number of rotatable bonds is 8. The summed E-state index contributed by atoms with van der Waals surface area (Å²) in [6.45, 7) is 3.34. The van der Waals surface area contributed by atoms with Crippen molar-refractivity contribution in [2.75, 3.05) is 33.4 Å². The molecular formula is C13H26N2O2. The van der Waals surface area contributed by atoms with Crippen LogP contribution in [0, 0.1) is 5.92 Å². The predicted octanol–water partition coefficient (Wildman–Crippen LogP) is 1.39. The fraction of sp³-hybridized carbons (Fsp3) is 0.923. The van der Waals surface area contributed by atoms with Crippen LogP contribution in [-0.4, -0.2) is 44.2 Å². The molecule has 0 radical (unpaired) electrons. The van der Waals surface area contributed by atoms with E-state index in [4.69, 9.17) is 10.5 Å². The van der Waals surface area contributed by atoms with E-state index in [2.05, 4.69) is 0 Å². The van der Waals surface area contributed by atoms with Gasteiger partial charge in [0.1, 0.15) is 0 Å². The fourth-order valence-corrected chi connectivity index (χ4v) is 2.36. The highest BCUT2D eigenvalue weighted by Crippen LogP contribution is 2.18. The second-order valence-electron chi connectivity index (χ2n) is 4.90. The molecule has 0 aromatic carbocycles. The molecule has 0 saturated carbocycles. The van der Waals surface area contributed by atoms with Gasteiger partial charge in [0.05, 0.1) is 6.61 Å². The van der Waals surface area contributed by atoms with Gasteiger partial charge in [-0.3, -0.25) is 4.79 Å². The van der Waals surface area contributed by atoms with E-state index in [1.54, 1.807) is 7.11 Å². The molecule has 1 fully saturated rings. The third-order valence-corrected chi connectivity index (χ3v) is 3.39. The molecule has 1 heterocycles. The van der Waals surface area contributed by atoms with Crippen molar-refractivity contribution in [2.24, 2.45) is 11.7 Å². The van der Waals surface area contributed by atoms with Gasteiger partial charge in [0, 0.05) is 32.5 Å². The van der Waals surface area contributed by atoms with E-state index in [1.165, 1.54) is 0 Å². The number of nitrogens with zero attached hydrogens (tertiary/aromatic N) is 1. The molecule has 1 aliphatic rings. The SMILES string of the molecule is COCC1CCN(C(=O)CCCCCCN)C1. The molecule has 1 saturated heterocycles. The van der Waals surface area contributed by atoms with Crippen LogP contribution in [0.1, 0.15) is 38.5 Å². The topological polar surface area (TPSA) is 55.6 Å². The van der Waals surface area contributed by atoms with Crippen LogP contribution in [0.15, 0.2) is 0 Å². The number of amides is 1. The first-order valence-corrected chi connectivity index (χ1v) is 6.74. The van der Waals surface area contributed by atoms with Crippen molar-refractivity contribution >= 4 is 5.91 Å². The van der Waals surface area contributed by atoms with Crippen LogP contribution in [0.3, 0.4) is 0 Å². The molecule has 4 heteroatoms. The highest BCUT2D eigenvalue weighted by atomic mass is 16.5. The summed E-state index contributed by atoms with van der Waals surface area (Å²) in [7, 11) is 1.72. The molecule has 17 heavy (non-hydrogen) atoms. The Morgan fingerprint density at radius 2 is 2.12 bits per heavy atom. The minimum absolute atomic E-state index is 0.316. The van der Waals surface area contributed by atoms with E-state index in [0.717, 1.165) is 58.3 Å². The Hall–Kier alpha value is -0.610. The van der Waals surface area contributed by atoms with Crippen LogP contribution in [0.2, 0.25) is 0 Å². The molecule has 1 atom stereocenters. The number of methoxy groups -OCH3 is 1. The van der Waals surface area contributed by atoms with E-state index in [1.807, 2.05) is 4.90 Å². The fourth-order valence-electron chi connectivity index (χ4n) is 2.36. The Balaban J connectivity index is 2.08. The van der Waals surface area contributed by atoms with Crippen molar-refractivity contribution < 1.29 is 9.53 Å². The maximum atomic E-state index is 11.9. The summed E-state index contributed by atoms with van der Waals surface area (Å²) in [6.07, 6.45) is 6.14. The lowest BCUT2D eigenvalue weighted by atomic mass is 10.1. The zero-order chi connectivity index (χ0) is 12.5. The van der Waals surface area contributed by atoms with E-state index in [9.17, 15) is 4.79 Å². The van der Waals surface area contributed by atoms with Gasteiger partial charge in [-0.15, -0.1) is 0 Å². The molecule has 0 aromatic rings. The molecule has 0 spiro atoms. The van der Waals surface area contributed by atoms with Crippen LogP contribution >= 0.6 is 0 Å². The zero-order valence-electron chi connectivity index (χ0n) is 11.0. The van der Waals surface area contributed by atoms with Crippen molar-refractivity contribution in [3.05, 3.63) is 0 Å². The van der Waals surface area contributed by atoms with Crippen molar-refractivity contribution in [1.82, 2.24) is 4.90 Å². The first-order chi connectivity index (χ1) is 8.27. The Morgan fingerprint density at radius 3 is 2.82 bits per heavy atom. The van der Waals surface area contributed by atoms with Crippen LogP contribution in [0.25, 0.3) is 0 Å². The number of ether oxygens (including phenoxy) is 1. The quantitative estimate of drug-likeness (QED) is 0.654. The highest BCUT2D eigenvalue weighted by Gasteiger charge is 2.25. The molecule has 2 N–H and O–H groups in total. The predicted molar refractivity (Wildman–Crippen MR) is 68.7 cm³/mol. The number of likely N-dealkylation sites (tertiary alicyclic amines) is 1. The number of carbonyl (C=O) groups excluding carboxylic acids is 1. The van der Waals surface area contributed by atoms with Crippen LogP contribution in [0.5, 0.6) is 0 Å². The first-order valence-electron chi connectivity index (χ1n) is 6.74. The smallest absolute Gasteiger partial charge is 0.222 e. The molecule has 0 aliphatic carbocycles. The average molecular weight is 242 g/mol. The largest absolute Gasteiger partial charge is 0.384 e. The maximum Gasteiger partial charge on any atom is 0.222 e. The standard InChI is InChI=1S/C13H26N2O2/c1-17-11-12-7-9-15(10-12)13(16)6-4-2-3-5-8-14/h12H,2-11,14H2,1H3. The minimum atomic E-state index is 0.316. The number of carbonyl (C=O) groups is 1. The molecule has 1 amide bonds. The highest BCUT2D eigenvalue weighted by molar-refractivity contribution is 5.76. The maximum absolute atomic E-state index is 11.9. The van der Waals surface area contributed by atoms with Crippen molar-refractivity contribution in [3.63, 3.8) is 0 Å². The van der Waals surface area contributed by atoms with Crippen LogP contribution in [-0.2, 0) is 9.53 Å². The summed E-state index contributed by atoms with van der Waals surface area (Å²) in [5.74, 6) is 0.859. The summed E-state index contributed by atoms with van der Waals surface area (Å²) in [6, 6.07) is 0. The zero-order valence-corrected chi connectivity index (χ0v) is 11.0. The van der Waals surface area contributed by atoms with Gasteiger partial charge in [0.2, 0.25) is 5.91 Å². The second-order valence-corrected chi connectivity index (χ2v) is 4.90. The molecule has 0 bridgehead atoms. The molecule has 1 rings (SSSR count). The van der Waals surface area contributed by atoms with Gasteiger partial charge in [-0.05, 0) is 25.8 Å². The second kappa shape index (κ2) is 8.48. The average Bonchev–Trinajstić information content (AvgIpc) is 2.78. The molecule has 0 aromatic heterocycles. The number of hydrogen-bond donors (Lipinski definition) is 1. The molecular weight excluding hydrogens is 216 g/mol.